The van der Waals surface area contributed by atoms with E-state index in [0.717, 1.165) is 18.4 Å². The molecule has 25 heavy (non-hydrogen) atoms. The predicted molar refractivity (Wildman–Crippen MR) is 98.7 cm³/mol. The van der Waals surface area contributed by atoms with Crippen LogP contribution in [0.2, 0.25) is 5.02 Å². The first-order valence-electron chi connectivity index (χ1n) is 8.18. The standard InChI is InChI=1S/C19H21ClN2O3/c1-24-13-9-10-18(25-2)16(12-13)21-19(23)22-11-5-8-17(22)14-6-3-4-7-15(14)20/h3-4,6-7,9-10,12,17H,5,8,11H2,1-2H3,(H,21,23)/t17-/m0/s1. The molecule has 1 fully saturated rings. The normalized spacial score (nSPS) is 16.6. The summed E-state index contributed by atoms with van der Waals surface area (Å²) in [6.07, 6.45) is 1.84. The lowest BCUT2D eigenvalue weighted by Crippen LogP contribution is -2.34. The molecule has 0 aromatic heterocycles. The van der Waals surface area contributed by atoms with Gasteiger partial charge < -0.3 is 19.7 Å². The molecular formula is C19H21ClN2O3. The molecule has 1 atom stereocenters. The van der Waals surface area contributed by atoms with Gasteiger partial charge in [0.15, 0.2) is 0 Å². The molecule has 3 rings (SSSR count). The van der Waals surface area contributed by atoms with Gasteiger partial charge in [-0.2, -0.15) is 0 Å². The second-order valence-electron chi connectivity index (χ2n) is 5.87. The van der Waals surface area contributed by atoms with E-state index in [1.807, 2.05) is 29.2 Å². The zero-order valence-electron chi connectivity index (χ0n) is 14.3. The van der Waals surface area contributed by atoms with Gasteiger partial charge in [-0.25, -0.2) is 4.79 Å². The highest BCUT2D eigenvalue weighted by molar-refractivity contribution is 6.31. The van der Waals surface area contributed by atoms with Crippen LogP contribution >= 0.6 is 11.6 Å². The monoisotopic (exact) mass is 360 g/mol. The van der Waals surface area contributed by atoms with E-state index in [4.69, 9.17) is 21.1 Å². The van der Waals surface area contributed by atoms with Crippen LogP contribution in [0.25, 0.3) is 0 Å². The number of likely N-dealkylation sites (tertiary alicyclic amines) is 1. The first kappa shape index (κ1) is 17.4. The Balaban J connectivity index is 1.82. The second-order valence-corrected chi connectivity index (χ2v) is 6.28. The number of nitrogens with zero attached hydrogens (tertiary/aromatic N) is 1. The quantitative estimate of drug-likeness (QED) is 0.857. The number of hydrogen-bond donors (Lipinski definition) is 1. The Labute approximate surface area is 152 Å². The number of anilines is 1. The van der Waals surface area contributed by atoms with Crippen molar-refractivity contribution >= 4 is 23.3 Å². The Morgan fingerprint density at radius 1 is 1.20 bits per heavy atom. The fourth-order valence-electron chi connectivity index (χ4n) is 3.18. The number of ether oxygens (including phenoxy) is 2. The van der Waals surface area contributed by atoms with Gasteiger partial charge in [0, 0.05) is 17.6 Å². The van der Waals surface area contributed by atoms with Gasteiger partial charge in [0.2, 0.25) is 0 Å². The van der Waals surface area contributed by atoms with E-state index in [2.05, 4.69) is 5.32 Å². The summed E-state index contributed by atoms with van der Waals surface area (Å²) in [4.78, 5) is 14.7. The highest BCUT2D eigenvalue weighted by Crippen LogP contribution is 2.37. The van der Waals surface area contributed by atoms with E-state index in [9.17, 15) is 4.79 Å². The third kappa shape index (κ3) is 3.66. The molecule has 5 nitrogen and oxygen atoms in total. The second kappa shape index (κ2) is 7.66. The van der Waals surface area contributed by atoms with Gasteiger partial charge in [-0.3, -0.25) is 0 Å². The molecule has 2 aromatic rings. The minimum absolute atomic E-state index is 0.0229. The highest BCUT2D eigenvalue weighted by atomic mass is 35.5. The van der Waals surface area contributed by atoms with Crippen LogP contribution in [0.15, 0.2) is 42.5 Å². The summed E-state index contributed by atoms with van der Waals surface area (Å²) < 4.78 is 10.6. The molecule has 0 radical (unpaired) electrons. The van der Waals surface area contributed by atoms with E-state index in [1.165, 1.54) is 0 Å². The maximum absolute atomic E-state index is 12.9. The number of rotatable bonds is 4. The van der Waals surface area contributed by atoms with Crippen molar-refractivity contribution in [3.63, 3.8) is 0 Å². The Hall–Kier alpha value is -2.40. The van der Waals surface area contributed by atoms with Crippen molar-refractivity contribution in [3.05, 3.63) is 53.1 Å². The molecule has 132 valence electrons. The average Bonchev–Trinajstić information content (AvgIpc) is 3.11. The van der Waals surface area contributed by atoms with Crippen molar-refractivity contribution < 1.29 is 14.3 Å². The average molecular weight is 361 g/mol. The molecule has 0 bridgehead atoms. The minimum Gasteiger partial charge on any atom is -0.497 e. The molecule has 0 saturated carbocycles. The summed E-state index contributed by atoms with van der Waals surface area (Å²) in [5.74, 6) is 1.24. The lowest BCUT2D eigenvalue weighted by molar-refractivity contribution is 0.207. The van der Waals surface area contributed by atoms with E-state index in [1.54, 1.807) is 32.4 Å². The summed E-state index contributed by atoms with van der Waals surface area (Å²) in [5.41, 5.74) is 1.56. The Kier molecular flexibility index (Phi) is 5.34. The van der Waals surface area contributed by atoms with Gasteiger partial charge in [-0.1, -0.05) is 29.8 Å². The summed E-state index contributed by atoms with van der Waals surface area (Å²) in [6.45, 7) is 0.688. The third-order valence-corrected chi connectivity index (χ3v) is 4.77. The number of methoxy groups -OCH3 is 2. The van der Waals surface area contributed by atoms with Crippen molar-refractivity contribution in [1.29, 1.82) is 0 Å². The molecule has 1 aliphatic rings. The van der Waals surface area contributed by atoms with Crippen LogP contribution in [-0.4, -0.2) is 31.7 Å². The van der Waals surface area contributed by atoms with Crippen LogP contribution in [0.3, 0.4) is 0 Å². The first-order valence-corrected chi connectivity index (χ1v) is 8.56. The van der Waals surface area contributed by atoms with E-state index in [-0.39, 0.29) is 12.1 Å². The van der Waals surface area contributed by atoms with Gasteiger partial charge in [0.05, 0.1) is 25.9 Å². The largest absolute Gasteiger partial charge is 0.497 e. The summed E-state index contributed by atoms with van der Waals surface area (Å²) in [6, 6.07) is 12.8. The minimum atomic E-state index is -0.172. The zero-order valence-corrected chi connectivity index (χ0v) is 15.0. The Bertz CT molecular complexity index is 766. The van der Waals surface area contributed by atoms with Gasteiger partial charge in [0.25, 0.3) is 0 Å². The molecule has 2 amide bonds. The number of hydrogen-bond acceptors (Lipinski definition) is 3. The van der Waals surface area contributed by atoms with Crippen LogP contribution < -0.4 is 14.8 Å². The highest BCUT2D eigenvalue weighted by Gasteiger charge is 2.31. The molecule has 1 aliphatic heterocycles. The zero-order chi connectivity index (χ0) is 17.8. The van der Waals surface area contributed by atoms with Crippen LogP contribution in [0.5, 0.6) is 11.5 Å². The predicted octanol–water partition coefficient (Wildman–Crippen LogP) is 4.73. The Morgan fingerprint density at radius 2 is 2.00 bits per heavy atom. The van der Waals surface area contributed by atoms with Crippen LogP contribution in [0.4, 0.5) is 10.5 Å². The molecule has 1 heterocycles. The van der Waals surface area contributed by atoms with Crippen LogP contribution in [0, 0.1) is 0 Å². The lowest BCUT2D eigenvalue weighted by atomic mass is 10.0. The fourth-order valence-corrected chi connectivity index (χ4v) is 3.44. The molecule has 0 aliphatic carbocycles. The first-order chi connectivity index (χ1) is 12.1. The smallest absolute Gasteiger partial charge is 0.322 e. The van der Waals surface area contributed by atoms with Crippen molar-refractivity contribution in [1.82, 2.24) is 4.90 Å². The molecule has 1 saturated heterocycles. The van der Waals surface area contributed by atoms with E-state index in [0.29, 0.717) is 28.8 Å². The van der Waals surface area contributed by atoms with Gasteiger partial charge in [0.1, 0.15) is 11.5 Å². The van der Waals surface area contributed by atoms with Crippen molar-refractivity contribution in [2.75, 3.05) is 26.1 Å². The number of carbonyl (C=O) groups excluding carboxylic acids is 1. The summed E-state index contributed by atoms with van der Waals surface area (Å²) in [7, 11) is 3.15. The number of benzene rings is 2. The van der Waals surface area contributed by atoms with E-state index < -0.39 is 0 Å². The summed E-state index contributed by atoms with van der Waals surface area (Å²) >= 11 is 6.33. The van der Waals surface area contributed by atoms with Gasteiger partial charge in [-0.05, 0) is 36.6 Å². The van der Waals surface area contributed by atoms with Crippen LogP contribution in [0.1, 0.15) is 24.4 Å². The molecular weight excluding hydrogens is 340 g/mol. The number of halogens is 1. The Morgan fingerprint density at radius 3 is 2.72 bits per heavy atom. The summed E-state index contributed by atoms with van der Waals surface area (Å²) in [5, 5.41) is 3.62. The fraction of sp³-hybridized carbons (Fsp3) is 0.316. The number of nitrogens with one attached hydrogen (secondary N) is 1. The topological polar surface area (TPSA) is 50.8 Å². The molecule has 2 aromatic carbocycles. The van der Waals surface area contributed by atoms with E-state index >= 15 is 0 Å². The SMILES string of the molecule is COc1ccc(OC)c(NC(=O)N2CCC[C@H]2c2ccccc2Cl)c1. The van der Waals surface area contributed by atoms with Crippen molar-refractivity contribution in [3.8, 4) is 11.5 Å². The number of urea groups is 1. The maximum Gasteiger partial charge on any atom is 0.322 e. The third-order valence-electron chi connectivity index (χ3n) is 4.43. The lowest BCUT2D eigenvalue weighted by Gasteiger charge is -2.26. The maximum atomic E-state index is 12.9. The number of amides is 2. The van der Waals surface area contributed by atoms with Crippen LogP contribution in [-0.2, 0) is 0 Å². The molecule has 1 N–H and O–H groups in total. The van der Waals surface area contributed by atoms with Gasteiger partial charge in [-0.15, -0.1) is 0 Å². The molecule has 0 spiro atoms. The van der Waals surface area contributed by atoms with Crippen molar-refractivity contribution in [2.24, 2.45) is 0 Å². The molecule has 0 unspecified atom stereocenters. The van der Waals surface area contributed by atoms with Gasteiger partial charge >= 0.3 is 6.03 Å². The van der Waals surface area contributed by atoms with Crippen molar-refractivity contribution in [2.45, 2.75) is 18.9 Å². The number of carbonyl (C=O) groups is 1. The molecule has 6 heteroatoms.